The zero-order chi connectivity index (χ0) is 13.7. The summed E-state index contributed by atoms with van der Waals surface area (Å²) >= 11 is 0. The van der Waals surface area contributed by atoms with E-state index in [0.717, 1.165) is 12.8 Å². The molecule has 0 atom stereocenters. The van der Waals surface area contributed by atoms with Gasteiger partial charge in [-0.3, -0.25) is 0 Å². The molecule has 4 nitrogen and oxygen atoms in total. The van der Waals surface area contributed by atoms with Gasteiger partial charge in [-0.2, -0.15) is 4.31 Å². The van der Waals surface area contributed by atoms with E-state index in [9.17, 15) is 8.42 Å². The van der Waals surface area contributed by atoms with Gasteiger partial charge in [0.25, 0.3) is 0 Å². The van der Waals surface area contributed by atoms with Crippen LogP contribution in [0.1, 0.15) is 54.4 Å². The lowest BCUT2D eigenvalue weighted by molar-refractivity contribution is 0.0468. The number of sulfonamides is 1. The molecule has 0 aromatic heterocycles. The van der Waals surface area contributed by atoms with E-state index in [0.29, 0.717) is 0 Å². The molecule has 1 heterocycles. The Morgan fingerprint density at radius 2 is 1.65 bits per heavy atom. The highest BCUT2D eigenvalue weighted by Crippen LogP contribution is 2.40. The van der Waals surface area contributed by atoms with Crippen molar-refractivity contribution in [1.29, 1.82) is 0 Å². The van der Waals surface area contributed by atoms with Crippen LogP contribution in [0.15, 0.2) is 0 Å². The summed E-state index contributed by atoms with van der Waals surface area (Å²) in [6.45, 7) is 11.6. The molecule has 2 N–H and O–H groups in total. The molecule has 0 bridgehead atoms. The zero-order valence-corrected chi connectivity index (χ0v) is 12.7. The molecule has 0 aromatic rings. The van der Waals surface area contributed by atoms with E-state index in [1.54, 1.807) is 4.31 Å². The van der Waals surface area contributed by atoms with Crippen molar-refractivity contribution in [2.45, 2.75) is 71.0 Å². The lowest BCUT2D eigenvalue weighted by atomic mass is 9.80. The third kappa shape index (κ3) is 2.51. The van der Waals surface area contributed by atoms with Crippen LogP contribution in [-0.4, -0.2) is 35.1 Å². The summed E-state index contributed by atoms with van der Waals surface area (Å²) in [4.78, 5) is 0. The van der Waals surface area contributed by atoms with Gasteiger partial charge in [0.05, 0.1) is 5.75 Å². The minimum absolute atomic E-state index is 0.232. The first-order valence-electron chi connectivity index (χ1n) is 6.14. The Hall–Kier alpha value is -0.130. The lowest BCUT2D eigenvalue weighted by Crippen LogP contribution is -2.70. The first-order chi connectivity index (χ1) is 7.32. The molecule has 0 spiro atoms. The van der Waals surface area contributed by atoms with Crippen LogP contribution in [0, 0.1) is 0 Å². The lowest BCUT2D eigenvalue weighted by Gasteiger charge is -2.54. The Morgan fingerprint density at radius 3 is 2.00 bits per heavy atom. The largest absolute Gasteiger partial charge is 0.324 e. The molecule has 0 radical (unpaired) electrons. The van der Waals surface area contributed by atoms with Gasteiger partial charge >= 0.3 is 0 Å². The van der Waals surface area contributed by atoms with Crippen molar-refractivity contribution in [3.05, 3.63) is 0 Å². The maximum absolute atomic E-state index is 12.4. The summed E-state index contributed by atoms with van der Waals surface area (Å²) in [5, 5.41) is 0. The predicted molar refractivity (Wildman–Crippen MR) is 71.3 cm³/mol. The molecule has 1 aliphatic heterocycles. The predicted octanol–water partition coefficient (Wildman–Crippen LogP) is 1.71. The third-order valence-corrected chi connectivity index (χ3v) is 6.41. The average molecular weight is 262 g/mol. The average Bonchev–Trinajstić information content (AvgIpc) is 1.95. The first-order valence-corrected chi connectivity index (χ1v) is 7.75. The second-order valence-corrected chi connectivity index (χ2v) is 8.71. The van der Waals surface area contributed by atoms with Crippen LogP contribution in [0.3, 0.4) is 0 Å². The van der Waals surface area contributed by atoms with Gasteiger partial charge in [-0.05, 0) is 54.4 Å². The molecule has 0 aliphatic carbocycles. The smallest absolute Gasteiger partial charge is 0.215 e. The topological polar surface area (TPSA) is 63.4 Å². The standard InChI is InChI=1S/C12H26N2O2S/c1-10(2)8-7-9-17(15,16)14(10)12(5,6)11(3,4)13/h7-9,13H2,1-6H3. The monoisotopic (exact) mass is 262 g/mol. The molecule has 0 amide bonds. The Kier molecular flexibility index (Phi) is 3.45. The van der Waals surface area contributed by atoms with E-state index in [4.69, 9.17) is 5.73 Å². The van der Waals surface area contributed by atoms with Gasteiger partial charge in [-0.25, -0.2) is 8.42 Å². The molecule has 0 saturated carbocycles. The van der Waals surface area contributed by atoms with Crippen molar-refractivity contribution in [2.75, 3.05) is 5.75 Å². The molecule has 5 heteroatoms. The maximum Gasteiger partial charge on any atom is 0.215 e. The number of hydrogen-bond donors (Lipinski definition) is 1. The van der Waals surface area contributed by atoms with E-state index in [1.165, 1.54) is 0 Å². The fourth-order valence-corrected chi connectivity index (χ4v) is 5.09. The summed E-state index contributed by atoms with van der Waals surface area (Å²) in [5.74, 6) is 0.232. The highest BCUT2D eigenvalue weighted by molar-refractivity contribution is 7.89. The highest BCUT2D eigenvalue weighted by Gasteiger charge is 2.52. The van der Waals surface area contributed by atoms with Crippen LogP contribution < -0.4 is 5.73 Å². The molecule has 17 heavy (non-hydrogen) atoms. The molecule has 1 fully saturated rings. The maximum atomic E-state index is 12.4. The molecule has 1 saturated heterocycles. The van der Waals surface area contributed by atoms with E-state index in [-0.39, 0.29) is 11.3 Å². The van der Waals surface area contributed by atoms with Gasteiger partial charge in [0, 0.05) is 16.6 Å². The fourth-order valence-electron chi connectivity index (χ4n) is 2.62. The van der Waals surface area contributed by atoms with Crippen molar-refractivity contribution in [3.8, 4) is 0 Å². The second kappa shape index (κ2) is 3.93. The first kappa shape index (κ1) is 14.9. The van der Waals surface area contributed by atoms with Gasteiger partial charge in [-0.1, -0.05) is 0 Å². The van der Waals surface area contributed by atoms with E-state index < -0.39 is 21.1 Å². The van der Waals surface area contributed by atoms with Crippen LogP contribution in [0.4, 0.5) is 0 Å². The number of rotatable bonds is 2. The molecular formula is C12H26N2O2S. The number of hydrogen-bond acceptors (Lipinski definition) is 3. The molecule has 1 aliphatic rings. The van der Waals surface area contributed by atoms with Crippen molar-refractivity contribution < 1.29 is 8.42 Å². The van der Waals surface area contributed by atoms with Gasteiger partial charge in [0.2, 0.25) is 10.0 Å². The molecule has 0 aromatic carbocycles. The summed E-state index contributed by atoms with van der Waals surface area (Å²) in [7, 11) is -3.22. The van der Waals surface area contributed by atoms with Crippen LogP contribution in [-0.2, 0) is 10.0 Å². The number of nitrogens with two attached hydrogens (primary N) is 1. The van der Waals surface area contributed by atoms with Crippen LogP contribution in [0.5, 0.6) is 0 Å². The molecule has 1 rings (SSSR count). The Labute approximate surface area is 106 Å². The van der Waals surface area contributed by atoms with Crippen LogP contribution >= 0.6 is 0 Å². The minimum Gasteiger partial charge on any atom is -0.324 e. The van der Waals surface area contributed by atoms with Crippen molar-refractivity contribution in [1.82, 2.24) is 4.31 Å². The van der Waals surface area contributed by atoms with Crippen LogP contribution in [0.2, 0.25) is 0 Å². The van der Waals surface area contributed by atoms with Gasteiger partial charge in [0.15, 0.2) is 0 Å². The second-order valence-electron chi connectivity index (χ2n) is 6.78. The Bertz CT molecular complexity index is 391. The Balaban J connectivity index is 3.33. The summed E-state index contributed by atoms with van der Waals surface area (Å²) in [6.07, 6.45) is 1.61. The van der Waals surface area contributed by atoms with E-state index in [2.05, 4.69) is 0 Å². The molecule has 102 valence electrons. The minimum atomic E-state index is -3.22. The SMILES string of the molecule is CC1(C)CCCS(=O)(=O)N1C(C)(C)C(C)(C)N. The quantitative estimate of drug-likeness (QED) is 0.824. The molecular weight excluding hydrogens is 236 g/mol. The van der Waals surface area contributed by atoms with Gasteiger partial charge in [-0.15, -0.1) is 0 Å². The zero-order valence-electron chi connectivity index (χ0n) is 11.9. The summed E-state index contributed by atoms with van der Waals surface area (Å²) in [5.41, 5.74) is 4.63. The number of nitrogens with zero attached hydrogens (tertiary/aromatic N) is 1. The Morgan fingerprint density at radius 1 is 1.18 bits per heavy atom. The fraction of sp³-hybridized carbons (Fsp3) is 1.00. The highest BCUT2D eigenvalue weighted by atomic mass is 32.2. The normalized spacial score (nSPS) is 25.8. The third-order valence-electron chi connectivity index (χ3n) is 4.10. The van der Waals surface area contributed by atoms with Crippen molar-refractivity contribution >= 4 is 10.0 Å². The summed E-state index contributed by atoms with van der Waals surface area (Å²) in [6, 6.07) is 0. The van der Waals surface area contributed by atoms with Gasteiger partial charge in [0.1, 0.15) is 0 Å². The van der Waals surface area contributed by atoms with E-state index in [1.807, 2.05) is 41.5 Å². The van der Waals surface area contributed by atoms with Crippen LogP contribution in [0.25, 0.3) is 0 Å². The molecule has 0 unspecified atom stereocenters. The summed E-state index contributed by atoms with van der Waals surface area (Å²) < 4.78 is 26.4. The van der Waals surface area contributed by atoms with Crippen molar-refractivity contribution in [3.63, 3.8) is 0 Å². The van der Waals surface area contributed by atoms with Gasteiger partial charge < -0.3 is 5.73 Å². The van der Waals surface area contributed by atoms with E-state index >= 15 is 0 Å². The van der Waals surface area contributed by atoms with Crippen molar-refractivity contribution in [2.24, 2.45) is 5.73 Å².